The number of benzene rings is 2. The first-order chi connectivity index (χ1) is 10.1. The topological polar surface area (TPSA) is 95.6 Å². The Morgan fingerprint density at radius 1 is 1.10 bits per heavy atom. The number of rotatable bonds is 2. The first-order valence-corrected chi connectivity index (χ1v) is 6.23. The van der Waals surface area contributed by atoms with Crippen molar-refractivity contribution in [3.8, 4) is 23.3 Å². The van der Waals surface area contributed by atoms with Gasteiger partial charge in [-0.3, -0.25) is 4.79 Å². The maximum absolute atomic E-state index is 12.2. The fourth-order valence-electron chi connectivity index (χ4n) is 1.79. The molecule has 0 radical (unpaired) electrons. The van der Waals surface area contributed by atoms with E-state index in [1.54, 1.807) is 24.3 Å². The minimum atomic E-state index is -0.618. The molecule has 2 rings (SSSR count). The molecular formula is C16H14N2O3. The van der Waals surface area contributed by atoms with E-state index in [2.05, 4.69) is 17.2 Å². The zero-order chi connectivity index (χ0) is 15.2. The number of hydrogen-bond acceptors (Lipinski definition) is 4. The lowest BCUT2D eigenvalue weighted by Gasteiger charge is -2.09. The first-order valence-electron chi connectivity index (χ1n) is 6.23. The van der Waals surface area contributed by atoms with Gasteiger partial charge in [0.2, 0.25) is 0 Å². The molecular weight excluding hydrogens is 268 g/mol. The minimum Gasteiger partial charge on any atom is -0.507 e. The van der Waals surface area contributed by atoms with Crippen LogP contribution in [-0.4, -0.2) is 22.7 Å². The maximum Gasteiger partial charge on any atom is 0.263 e. The van der Waals surface area contributed by atoms with Gasteiger partial charge in [-0.25, -0.2) is 0 Å². The predicted octanol–water partition coefficient (Wildman–Crippen LogP) is 1.66. The second-order valence-electron chi connectivity index (χ2n) is 4.18. The molecule has 5 N–H and O–H groups in total. The van der Waals surface area contributed by atoms with Gasteiger partial charge in [0.1, 0.15) is 17.1 Å². The lowest BCUT2D eigenvalue weighted by Crippen LogP contribution is -2.13. The molecule has 0 atom stereocenters. The van der Waals surface area contributed by atoms with E-state index in [9.17, 15) is 15.0 Å². The number of amides is 1. The number of carbonyl (C=O) groups is 1. The molecule has 0 aliphatic heterocycles. The van der Waals surface area contributed by atoms with Crippen molar-refractivity contribution in [3.63, 3.8) is 0 Å². The second kappa shape index (κ2) is 6.46. The number of para-hydroxylation sites is 1. The summed E-state index contributed by atoms with van der Waals surface area (Å²) in [7, 11) is 0. The van der Waals surface area contributed by atoms with Gasteiger partial charge in [0.05, 0.1) is 12.2 Å². The highest BCUT2D eigenvalue weighted by atomic mass is 16.3. The van der Waals surface area contributed by atoms with Gasteiger partial charge in [-0.15, -0.1) is 0 Å². The molecule has 2 aromatic carbocycles. The third-order valence-corrected chi connectivity index (χ3v) is 2.75. The van der Waals surface area contributed by atoms with Gasteiger partial charge in [-0.1, -0.05) is 30.0 Å². The molecule has 2 aromatic rings. The molecule has 0 saturated carbocycles. The third kappa shape index (κ3) is 3.32. The Morgan fingerprint density at radius 2 is 1.76 bits per heavy atom. The van der Waals surface area contributed by atoms with Gasteiger partial charge in [0.15, 0.2) is 0 Å². The molecule has 0 unspecified atom stereocenters. The lowest BCUT2D eigenvalue weighted by atomic mass is 10.1. The fraction of sp³-hybridized carbons (Fsp3) is 0.0625. The van der Waals surface area contributed by atoms with Gasteiger partial charge in [-0.2, -0.15) is 0 Å². The van der Waals surface area contributed by atoms with E-state index >= 15 is 0 Å². The van der Waals surface area contributed by atoms with Crippen molar-refractivity contribution in [1.82, 2.24) is 0 Å². The van der Waals surface area contributed by atoms with Crippen LogP contribution in [0.3, 0.4) is 0 Å². The van der Waals surface area contributed by atoms with Crippen LogP contribution in [0.5, 0.6) is 11.5 Å². The van der Waals surface area contributed by atoms with Crippen LogP contribution in [0.4, 0.5) is 5.69 Å². The summed E-state index contributed by atoms with van der Waals surface area (Å²) in [5.41, 5.74) is 6.23. The average molecular weight is 282 g/mol. The Kier molecular flexibility index (Phi) is 4.44. The van der Waals surface area contributed by atoms with Crippen molar-refractivity contribution in [2.75, 3.05) is 11.9 Å². The minimum absolute atomic E-state index is 0.181. The molecule has 0 spiro atoms. The standard InChI is InChI=1S/C16H14N2O3/c17-10-4-6-11-5-1-2-7-12(11)18-16(21)15-13(19)8-3-9-14(15)20/h1-3,5,7-9,19-20H,10,17H2,(H,18,21). The van der Waals surface area contributed by atoms with Crippen LogP contribution >= 0.6 is 0 Å². The largest absolute Gasteiger partial charge is 0.507 e. The van der Waals surface area contributed by atoms with Crippen molar-refractivity contribution < 1.29 is 15.0 Å². The highest BCUT2D eigenvalue weighted by Crippen LogP contribution is 2.27. The molecule has 106 valence electrons. The molecule has 0 heterocycles. The SMILES string of the molecule is NCC#Cc1ccccc1NC(=O)c1c(O)cccc1O. The zero-order valence-electron chi connectivity index (χ0n) is 11.1. The van der Waals surface area contributed by atoms with Gasteiger partial charge in [0, 0.05) is 5.56 Å². The van der Waals surface area contributed by atoms with Crippen molar-refractivity contribution in [2.45, 2.75) is 0 Å². The summed E-state index contributed by atoms with van der Waals surface area (Å²) in [6.45, 7) is 0.211. The van der Waals surface area contributed by atoms with Crippen LogP contribution in [0.1, 0.15) is 15.9 Å². The molecule has 0 aliphatic rings. The molecule has 0 fully saturated rings. The lowest BCUT2D eigenvalue weighted by molar-refractivity contribution is 0.102. The van der Waals surface area contributed by atoms with E-state index in [0.29, 0.717) is 11.3 Å². The zero-order valence-corrected chi connectivity index (χ0v) is 11.1. The van der Waals surface area contributed by atoms with E-state index < -0.39 is 5.91 Å². The van der Waals surface area contributed by atoms with E-state index in [-0.39, 0.29) is 23.6 Å². The number of nitrogens with two attached hydrogens (primary N) is 1. The molecule has 5 nitrogen and oxygen atoms in total. The Bertz CT molecular complexity index is 710. The number of nitrogens with one attached hydrogen (secondary N) is 1. The summed E-state index contributed by atoms with van der Waals surface area (Å²) in [5.74, 6) is 4.35. The average Bonchev–Trinajstić information content (AvgIpc) is 2.46. The highest BCUT2D eigenvalue weighted by Gasteiger charge is 2.16. The Balaban J connectivity index is 2.32. The Morgan fingerprint density at radius 3 is 2.43 bits per heavy atom. The van der Waals surface area contributed by atoms with Crippen molar-refractivity contribution >= 4 is 11.6 Å². The molecule has 0 aromatic heterocycles. The fourth-order valence-corrected chi connectivity index (χ4v) is 1.79. The summed E-state index contributed by atoms with van der Waals surface area (Å²) in [5, 5.41) is 22.0. The number of phenolic OH excluding ortho intramolecular Hbond substituents is 2. The first kappa shape index (κ1) is 14.4. The van der Waals surface area contributed by atoms with Crippen LogP contribution in [-0.2, 0) is 0 Å². The monoisotopic (exact) mass is 282 g/mol. The van der Waals surface area contributed by atoms with Crippen LogP contribution in [0.25, 0.3) is 0 Å². The Hall–Kier alpha value is -2.97. The molecule has 1 amide bonds. The quantitative estimate of drug-likeness (QED) is 0.630. The van der Waals surface area contributed by atoms with Gasteiger partial charge in [-0.05, 0) is 24.3 Å². The predicted molar refractivity (Wildman–Crippen MR) is 80.1 cm³/mol. The van der Waals surface area contributed by atoms with Crippen LogP contribution < -0.4 is 11.1 Å². The Labute approximate surface area is 122 Å². The van der Waals surface area contributed by atoms with Gasteiger partial charge < -0.3 is 21.3 Å². The smallest absolute Gasteiger partial charge is 0.263 e. The van der Waals surface area contributed by atoms with Crippen molar-refractivity contribution in [3.05, 3.63) is 53.6 Å². The number of anilines is 1. The van der Waals surface area contributed by atoms with Crippen molar-refractivity contribution in [1.29, 1.82) is 0 Å². The molecule has 21 heavy (non-hydrogen) atoms. The summed E-state index contributed by atoms with van der Waals surface area (Å²) in [4.78, 5) is 12.2. The molecule has 0 aliphatic carbocycles. The van der Waals surface area contributed by atoms with E-state index in [0.717, 1.165) is 0 Å². The van der Waals surface area contributed by atoms with E-state index in [1.165, 1.54) is 18.2 Å². The van der Waals surface area contributed by atoms with Gasteiger partial charge >= 0.3 is 0 Å². The van der Waals surface area contributed by atoms with Crippen LogP contribution in [0.2, 0.25) is 0 Å². The van der Waals surface area contributed by atoms with E-state index in [4.69, 9.17) is 5.73 Å². The van der Waals surface area contributed by atoms with Crippen LogP contribution in [0.15, 0.2) is 42.5 Å². The summed E-state index contributed by atoms with van der Waals surface area (Å²) < 4.78 is 0. The second-order valence-corrected chi connectivity index (χ2v) is 4.18. The highest BCUT2D eigenvalue weighted by molar-refractivity contribution is 6.08. The normalized spacial score (nSPS) is 9.57. The number of phenols is 2. The molecule has 0 bridgehead atoms. The number of carbonyl (C=O) groups excluding carboxylic acids is 1. The van der Waals surface area contributed by atoms with E-state index in [1.807, 2.05) is 0 Å². The van der Waals surface area contributed by atoms with Crippen LogP contribution in [0, 0.1) is 11.8 Å². The number of hydrogen-bond donors (Lipinski definition) is 4. The summed E-state index contributed by atoms with van der Waals surface area (Å²) in [6.07, 6.45) is 0. The molecule has 0 saturated heterocycles. The number of aromatic hydroxyl groups is 2. The third-order valence-electron chi connectivity index (χ3n) is 2.75. The summed E-state index contributed by atoms with van der Waals surface area (Å²) in [6, 6.07) is 11.0. The molecule has 5 heteroatoms. The maximum atomic E-state index is 12.2. The van der Waals surface area contributed by atoms with Gasteiger partial charge in [0.25, 0.3) is 5.91 Å². The summed E-state index contributed by atoms with van der Waals surface area (Å²) >= 11 is 0. The van der Waals surface area contributed by atoms with Crippen molar-refractivity contribution in [2.24, 2.45) is 5.73 Å².